The van der Waals surface area contributed by atoms with E-state index in [9.17, 15) is 4.79 Å². The highest BCUT2D eigenvalue weighted by Crippen LogP contribution is 2.25. The Morgan fingerprint density at radius 2 is 2.06 bits per heavy atom. The lowest BCUT2D eigenvalue weighted by atomic mass is 10.2. The third-order valence-corrected chi connectivity index (χ3v) is 2.93. The molecule has 1 amide bonds. The van der Waals surface area contributed by atoms with E-state index < -0.39 is 5.91 Å². The highest BCUT2D eigenvalue weighted by Gasteiger charge is 2.26. The van der Waals surface area contributed by atoms with Crippen molar-refractivity contribution >= 4 is 5.91 Å². The smallest absolute Gasteiger partial charge is 0.252 e. The fraction of sp³-hybridized carbons (Fsp3) is 0.417. The number of para-hydroxylation sites is 1. The van der Waals surface area contributed by atoms with E-state index >= 15 is 0 Å². The summed E-state index contributed by atoms with van der Waals surface area (Å²) in [6, 6.07) is 7.06. The van der Waals surface area contributed by atoms with Crippen molar-refractivity contribution in [3.63, 3.8) is 0 Å². The van der Waals surface area contributed by atoms with Crippen molar-refractivity contribution in [2.45, 2.75) is 31.4 Å². The maximum absolute atomic E-state index is 11.2. The van der Waals surface area contributed by atoms with Crippen LogP contribution in [0.25, 0.3) is 0 Å². The number of rotatable bonds is 3. The lowest BCUT2D eigenvalue weighted by Crippen LogP contribution is -2.34. The Labute approximate surface area is 94.6 Å². The van der Waals surface area contributed by atoms with Gasteiger partial charge in [0.05, 0.1) is 5.56 Å². The van der Waals surface area contributed by atoms with Gasteiger partial charge in [0.15, 0.2) is 0 Å². The molecule has 2 rings (SSSR count). The molecule has 4 N–H and O–H groups in total. The van der Waals surface area contributed by atoms with Crippen LogP contribution in [0.1, 0.15) is 29.6 Å². The molecule has 4 nitrogen and oxygen atoms in total. The van der Waals surface area contributed by atoms with Gasteiger partial charge in [-0.15, -0.1) is 0 Å². The number of hydrogen-bond acceptors (Lipinski definition) is 3. The molecule has 16 heavy (non-hydrogen) atoms. The van der Waals surface area contributed by atoms with E-state index in [1.807, 2.05) is 6.07 Å². The van der Waals surface area contributed by atoms with Crippen LogP contribution in [0.2, 0.25) is 0 Å². The van der Waals surface area contributed by atoms with Gasteiger partial charge in [-0.05, 0) is 31.4 Å². The van der Waals surface area contributed by atoms with Gasteiger partial charge in [-0.25, -0.2) is 0 Å². The van der Waals surface area contributed by atoms with E-state index in [-0.39, 0.29) is 12.1 Å². The quantitative estimate of drug-likeness (QED) is 0.799. The lowest BCUT2D eigenvalue weighted by molar-refractivity contribution is 0.0992. The van der Waals surface area contributed by atoms with Crippen molar-refractivity contribution in [3.8, 4) is 5.75 Å². The lowest BCUT2D eigenvalue weighted by Gasteiger charge is -2.19. The first-order valence-corrected chi connectivity index (χ1v) is 5.49. The minimum Gasteiger partial charge on any atom is -0.488 e. The summed E-state index contributed by atoms with van der Waals surface area (Å²) < 4.78 is 5.75. The molecule has 0 bridgehead atoms. The predicted molar refractivity (Wildman–Crippen MR) is 61.2 cm³/mol. The van der Waals surface area contributed by atoms with Crippen LogP contribution in [-0.4, -0.2) is 18.1 Å². The molecule has 1 aromatic carbocycles. The summed E-state index contributed by atoms with van der Waals surface area (Å²) in [5.41, 5.74) is 11.6. The summed E-state index contributed by atoms with van der Waals surface area (Å²) in [5.74, 6) is 0.0690. The fourth-order valence-corrected chi connectivity index (χ4v) is 2.04. The fourth-order valence-electron chi connectivity index (χ4n) is 2.04. The zero-order chi connectivity index (χ0) is 11.5. The number of carbonyl (C=O) groups is 1. The Hall–Kier alpha value is -1.55. The second-order valence-corrected chi connectivity index (χ2v) is 4.11. The standard InChI is InChI=1S/C12H16N2O2/c13-9-5-3-7-11(9)16-10-6-2-1-4-8(10)12(14)15/h1-2,4,6,9,11H,3,5,7,13H2,(H2,14,15). The molecular formula is C12H16N2O2. The molecule has 1 fully saturated rings. The van der Waals surface area contributed by atoms with Crippen LogP contribution in [-0.2, 0) is 0 Å². The summed E-state index contributed by atoms with van der Waals surface area (Å²) in [7, 11) is 0. The molecular weight excluding hydrogens is 204 g/mol. The summed E-state index contributed by atoms with van der Waals surface area (Å²) in [5, 5.41) is 0. The van der Waals surface area contributed by atoms with E-state index in [4.69, 9.17) is 16.2 Å². The summed E-state index contributed by atoms with van der Waals surface area (Å²) in [6.07, 6.45) is 2.99. The first-order chi connectivity index (χ1) is 7.68. The first-order valence-electron chi connectivity index (χ1n) is 5.49. The van der Waals surface area contributed by atoms with Crippen LogP contribution in [0.15, 0.2) is 24.3 Å². The number of ether oxygens (including phenoxy) is 1. The largest absolute Gasteiger partial charge is 0.488 e. The average Bonchev–Trinajstić information content (AvgIpc) is 2.65. The third kappa shape index (κ3) is 2.17. The minimum absolute atomic E-state index is 0.000463. The van der Waals surface area contributed by atoms with Crippen LogP contribution in [0.4, 0.5) is 0 Å². The molecule has 86 valence electrons. The molecule has 0 aliphatic heterocycles. The molecule has 0 aromatic heterocycles. The molecule has 1 aromatic rings. The number of carbonyl (C=O) groups excluding carboxylic acids is 1. The van der Waals surface area contributed by atoms with E-state index in [1.165, 1.54) is 0 Å². The van der Waals surface area contributed by atoms with Crippen LogP contribution in [0.5, 0.6) is 5.75 Å². The van der Waals surface area contributed by atoms with Gasteiger partial charge in [0.25, 0.3) is 5.91 Å². The molecule has 0 heterocycles. The molecule has 2 unspecified atom stereocenters. The van der Waals surface area contributed by atoms with Crippen LogP contribution in [0.3, 0.4) is 0 Å². The Morgan fingerprint density at radius 1 is 1.31 bits per heavy atom. The predicted octanol–water partition coefficient (Wildman–Crippen LogP) is 1.04. The third-order valence-electron chi connectivity index (χ3n) is 2.93. The molecule has 1 saturated carbocycles. The van der Waals surface area contributed by atoms with Gasteiger partial charge in [0.1, 0.15) is 11.9 Å². The molecule has 1 aliphatic rings. The van der Waals surface area contributed by atoms with Crippen LogP contribution >= 0.6 is 0 Å². The van der Waals surface area contributed by atoms with E-state index in [0.717, 1.165) is 19.3 Å². The number of primary amides is 1. The van der Waals surface area contributed by atoms with Crippen molar-refractivity contribution < 1.29 is 9.53 Å². The first kappa shape index (κ1) is 11.0. The van der Waals surface area contributed by atoms with Crippen molar-refractivity contribution in [2.24, 2.45) is 11.5 Å². The van der Waals surface area contributed by atoms with Gasteiger partial charge in [-0.3, -0.25) is 4.79 Å². The van der Waals surface area contributed by atoms with Crippen LogP contribution in [0, 0.1) is 0 Å². The Balaban J connectivity index is 2.17. The number of benzene rings is 1. The molecule has 0 spiro atoms. The van der Waals surface area contributed by atoms with Crippen molar-refractivity contribution in [1.29, 1.82) is 0 Å². The number of nitrogens with two attached hydrogens (primary N) is 2. The van der Waals surface area contributed by atoms with Crippen molar-refractivity contribution in [2.75, 3.05) is 0 Å². The molecule has 4 heteroatoms. The maximum Gasteiger partial charge on any atom is 0.252 e. The molecule has 2 atom stereocenters. The molecule has 1 aliphatic carbocycles. The normalized spacial score (nSPS) is 24.3. The van der Waals surface area contributed by atoms with Gasteiger partial charge in [-0.1, -0.05) is 12.1 Å². The Morgan fingerprint density at radius 3 is 2.69 bits per heavy atom. The topological polar surface area (TPSA) is 78.3 Å². The van der Waals surface area contributed by atoms with Gasteiger partial charge in [-0.2, -0.15) is 0 Å². The summed E-state index contributed by atoms with van der Waals surface area (Å²) in [4.78, 5) is 11.2. The van der Waals surface area contributed by atoms with Gasteiger partial charge >= 0.3 is 0 Å². The van der Waals surface area contributed by atoms with E-state index in [2.05, 4.69) is 0 Å². The van der Waals surface area contributed by atoms with Crippen molar-refractivity contribution in [3.05, 3.63) is 29.8 Å². The van der Waals surface area contributed by atoms with Gasteiger partial charge in [0, 0.05) is 6.04 Å². The minimum atomic E-state index is -0.470. The second-order valence-electron chi connectivity index (χ2n) is 4.11. The van der Waals surface area contributed by atoms with Gasteiger partial charge in [0.2, 0.25) is 0 Å². The average molecular weight is 220 g/mol. The van der Waals surface area contributed by atoms with Crippen molar-refractivity contribution in [1.82, 2.24) is 0 Å². The zero-order valence-corrected chi connectivity index (χ0v) is 9.06. The number of hydrogen-bond donors (Lipinski definition) is 2. The molecule has 0 radical (unpaired) electrons. The zero-order valence-electron chi connectivity index (χ0n) is 9.06. The SMILES string of the molecule is NC(=O)c1ccccc1OC1CCCC1N. The monoisotopic (exact) mass is 220 g/mol. The Bertz CT molecular complexity index is 392. The highest BCUT2D eigenvalue weighted by molar-refractivity contribution is 5.95. The van der Waals surface area contributed by atoms with Crippen LogP contribution < -0.4 is 16.2 Å². The maximum atomic E-state index is 11.2. The summed E-state index contributed by atoms with van der Waals surface area (Å²) in [6.45, 7) is 0. The van der Waals surface area contributed by atoms with Gasteiger partial charge < -0.3 is 16.2 Å². The number of amides is 1. The summed E-state index contributed by atoms with van der Waals surface area (Å²) >= 11 is 0. The Kier molecular flexibility index (Phi) is 3.10. The molecule has 0 saturated heterocycles. The van der Waals surface area contributed by atoms with E-state index in [1.54, 1.807) is 18.2 Å². The second kappa shape index (κ2) is 4.53. The van der Waals surface area contributed by atoms with E-state index in [0.29, 0.717) is 11.3 Å². The highest BCUT2D eigenvalue weighted by atomic mass is 16.5.